The van der Waals surface area contributed by atoms with E-state index >= 15 is 0 Å². The van der Waals surface area contributed by atoms with Gasteiger partial charge in [0, 0.05) is 16.3 Å². The molecular weight excluding hydrogens is 301 g/mol. The standard InChI is InChI=1S/C13H17BrFNS/c1-13(2)6-7-17-8-11(13)16-12-9(14)4-3-5-10(12)15/h3-5,11,16H,6-8H2,1-2H3. The molecule has 1 aliphatic heterocycles. The Kier molecular flexibility index (Phi) is 4.03. The van der Waals surface area contributed by atoms with Gasteiger partial charge in [0.05, 0.1) is 5.69 Å². The summed E-state index contributed by atoms with van der Waals surface area (Å²) < 4.78 is 14.6. The van der Waals surface area contributed by atoms with Gasteiger partial charge in [-0.1, -0.05) is 19.9 Å². The fourth-order valence-electron chi connectivity index (χ4n) is 1.98. The van der Waals surface area contributed by atoms with Gasteiger partial charge in [-0.3, -0.25) is 0 Å². The van der Waals surface area contributed by atoms with Crippen LogP contribution in [0.1, 0.15) is 20.3 Å². The monoisotopic (exact) mass is 317 g/mol. The number of thioether (sulfide) groups is 1. The molecule has 1 aromatic carbocycles. The molecule has 1 saturated heterocycles. The maximum atomic E-state index is 13.8. The summed E-state index contributed by atoms with van der Waals surface area (Å²) in [5.74, 6) is 2.04. The van der Waals surface area contributed by atoms with E-state index in [4.69, 9.17) is 0 Å². The van der Waals surface area contributed by atoms with Crippen molar-refractivity contribution in [3.63, 3.8) is 0 Å². The van der Waals surface area contributed by atoms with Gasteiger partial charge in [-0.25, -0.2) is 4.39 Å². The molecular formula is C13H17BrFNS. The fraction of sp³-hybridized carbons (Fsp3) is 0.538. The zero-order valence-electron chi connectivity index (χ0n) is 10.1. The second-order valence-corrected chi connectivity index (χ2v) is 7.11. The number of para-hydroxylation sites is 1. The molecule has 1 nitrogen and oxygen atoms in total. The zero-order chi connectivity index (χ0) is 12.5. The average molecular weight is 318 g/mol. The summed E-state index contributed by atoms with van der Waals surface area (Å²) in [6.45, 7) is 4.50. The van der Waals surface area contributed by atoms with Crippen molar-refractivity contribution >= 4 is 33.4 Å². The molecule has 0 bridgehead atoms. The lowest BCUT2D eigenvalue weighted by Gasteiger charge is -2.39. The third kappa shape index (κ3) is 2.97. The Morgan fingerprint density at radius 2 is 2.24 bits per heavy atom. The minimum Gasteiger partial charge on any atom is -0.378 e. The van der Waals surface area contributed by atoms with Crippen LogP contribution in [-0.4, -0.2) is 17.5 Å². The molecule has 1 aliphatic rings. The predicted octanol–water partition coefficient (Wildman–Crippen LogP) is 4.53. The first-order chi connectivity index (χ1) is 8.00. The first kappa shape index (κ1) is 13.2. The van der Waals surface area contributed by atoms with Crippen LogP contribution in [0.15, 0.2) is 22.7 Å². The van der Waals surface area contributed by atoms with Crippen LogP contribution in [0.4, 0.5) is 10.1 Å². The normalized spacial score (nSPS) is 23.4. The highest BCUT2D eigenvalue weighted by molar-refractivity contribution is 9.10. The Hall–Kier alpha value is -0.220. The second kappa shape index (κ2) is 5.19. The lowest BCUT2D eigenvalue weighted by atomic mass is 9.82. The number of benzene rings is 1. The molecule has 1 atom stereocenters. The molecule has 1 unspecified atom stereocenters. The topological polar surface area (TPSA) is 12.0 Å². The van der Waals surface area contributed by atoms with E-state index in [2.05, 4.69) is 35.1 Å². The van der Waals surface area contributed by atoms with Crippen molar-refractivity contribution in [2.45, 2.75) is 26.3 Å². The second-order valence-electron chi connectivity index (χ2n) is 5.11. The lowest BCUT2D eigenvalue weighted by molar-refractivity contribution is 0.304. The number of hydrogen-bond donors (Lipinski definition) is 1. The Bertz CT molecular complexity index is 388. The van der Waals surface area contributed by atoms with E-state index in [1.54, 1.807) is 6.07 Å². The number of anilines is 1. The van der Waals surface area contributed by atoms with Gasteiger partial charge in [0.25, 0.3) is 0 Å². The maximum absolute atomic E-state index is 13.8. The molecule has 0 amide bonds. The summed E-state index contributed by atoms with van der Waals surface area (Å²) in [4.78, 5) is 0. The average Bonchev–Trinajstić information content (AvgIpc) is 2.25. The van der Waals surface area contributed by atoms with Crippen molar-refractivity contribution < 1.29 is 4.39 Å². The molecule has 0 radical (unpaired) electrons. The molecule has 1 fully saturated rings. The Labute approximate surface area is 115 Å². The van der Waals surface area contributed by atoms with E-state index in [1.807, 2.05) is 17.8 Å². The highest BCUT2D eigenvalue weighted by Crippen LogP contribution is 2.37. The van der Waals surface area contributed by atoms with Crippen LogP contribution in [0, 0.1) is 11.2 Å². The molecule has 1 aromatic rings. The number of halogens is 2. The van der Waals surface area contributed by atoms with Crippen LogP contribution < -0.4 is 5.32 Å². The number of hydrogen-bond acceptors (Lipinski definition) is 2. The van der Waals surface area contributed by atoms with E-state index < -0.39 is 0 Å². The summed E-state index contributed by atoms with van der Waals surface area (Å²) in [7, 11) is 0. The van der Waals surface area contributed by atoms with Crippen LogP contribution >= 0.6 is 27.7 Å². The van der Waals surface area contributed by atoms with Crippen LogP contribution in [0.3, 0.4) is 0 Å². The van der Waals surface area contributed by atoms with Crippen molar-refractivity contribution in [1.82, 2.24) is 0 Å². The summed E-state index contributed by atoms with van der Waals surface area (Å²) in [5, 5.41) is 3.36. The minimum atomic E-state index is -0.189. The first-order valence-electron chi connectivity index (χ1n) is 5.79. The van der Waals surface area contributed by atoms with Gasteiger partial charge in [0.15, 0.2) is 0 Å². The van der Waals surface area contributed by atoms with E-state index in [0.29, 0.717) is 11.7 Å². The minimum absolute atomic E-state index is 0.189. The van der Waals surface area contributed by atoms with Gasteiger partial charge in [-0.05, 0) is 45.7 Å². The molecule has 0 saturated carbocycles. The molecule has 1 heterocycles. The van der Waals surface area contributed by atoms with Crippen LogP contribution in [0.25, 0.3) is 0 Å². The molecule has 0 aliphatic carbocycles. The summed E-state index contributed by atoms with van der Waals surface area (Å²) in [6.07, 6.45) is 1.17. The van der Waals surface area contributed by atoms with Gasteiger partial charge in [-0.2, -0.15) is 11.8 Å². The van der Waals surface area contributed by atoms with Crippen molar-refractivity contribution in [2.24, 2.45) is 5.41 Å². The Balaban J connectivity index is 2.20. The number of rotatable bonds is 2. The Morgan fingerprint density at radius 1 is 1.47 bits per heavy atom. The smallest absolute Gasteiger partial charge is 0.147 e. The molecule has 1 N–H and O–H groups in total. The van der Waals surface area contributed by atoms with E-state index in [9.17, 15) is 4.39 Å². The van der Waals surface area contributed by atoms with Gasteiger partial charge >= 0.3 is 0 Å². The first-order valence-corrected chi connectivity index (χ1v) is 7.74. The van der Waals surface area contributed by atoms with Crippen LogP contribution in [0.5, 0.6) is 0 Å². The molecule has 94 valence electrons. The van der Waals surface area contributed by atoms with Crippen LogP contribution in [-0.2, 0) is 0 Å². The SMILES string of the molecule is CC1(C)CCSCC1Nc1c(F)cccc1Br. The highest BCUT2D eigenvalue weighted by atomic mass is 79.9. The third-order valence-electron chi connectivity index (χ3n) is 3.40. The quantitative estimate of drug-likeness (QED) is 0.860. The maximum Gasteiger partial charge on any atom is 0.147 e. The van der Waals surface area contributed by atoms with Crippen molar-refractivity contribution in [1.29, 1.82) is 0 Å². The van der Waals surface area contributed by atoms with Gasteiger partial charge in [-0.15, -0.1) is 0 Å². The predicted molar refractivity (Wildman–Crippen MR) is 77.2 cm³/mol. The molecule has 17 heavy (non-hydrogen) atoms. The van der Waals surface area contributed by atoms with Crippen molar-refractivity contribution in [3.8, 4) is 0 Å². The molecule has 0 aromatic heterocycles. The van der Waals surface area contributed by atoms with Gasteiger partial charge in [0.1, 0.15) is 5.82 Å². The largest absolute Gasteiger partial charge is 0.378 e. The van der Waals surface area contributed by atoms with Crippen molar-refractivity contribution in [2.75, 3.05) is 16.8 Å². The van der Waals surface area contributed by atoms with Gasteiger partial charge < -0.3 is 5.32 Å². The molecule has 4 heteroatoms. The summed E-state index contributed by atoms with van der Waals surface area (Å²) in [6, 6.07) is 5.39. The van der Waals surface area contributed by atoms with E-state index in [0.717, 1.165) is 10.2 Å². The zero-order valence-corrected chi connectivity index (χ0v) is 12.5. The highest BCUT2D eigenvalue weighted by Gasteiger charge is 2.33. The van der Waals surface area contributed by atoms with Crippen molar-refractivity contribution in [3.05, 3.63) is 28.5 Å². The third-order valence-corrected chi connectivity index (χ3v) is 5.12. The van der Waals surface area contributed by atoms with E-state index in [1.165, 1.54) is 18.2 Å². The lowest BCUT2D eigenvalue weighted by Crippen LogP contribution is -2.41. The summed E-state index contributed by atoms with van der Waals surface area (Å²) >= 11 is 5.34. The van der Waals surface area contributed by atoms with Crippen LogP contribution in [0.2, 0.25) is 0 Å². The number of nitrogens with one attached hydrogen (secondary N) is 1. The summed E-state index contributed by atoms with van der Waals surface area (Å²) in [5.41, 5.74) is 0.806. The van der Waals surface area contributed by atoms with Gasteiger partial charge in [0.2, 0.25) is 0 Å². The Morgan fingerprint density at radius 3 is 2.88 bits per heavy atom. The fourth-order valence-corrected chi connectivity index (χ4v) is 4.05. The molecule has 0 spiro atoms. The molecule has 2 rings (SSSR count). The van der Waals surface area contributed by atoms with E-state index in [-0.39, 0.29) is 11.2 Å².